The third kappa shape index (κ3) is 3.80. The van der Waals surface area contributed by atoms with Crippen molar-refractivity contribution in [1.82, 2.24) is 4.90 Å². The molecule has 4 heteroatoms. The topological polar surface area (TPSA) is 46.6 Å². The molecule has 1 aromatic rings. The van der Waals surface area contributed by atoms with Gasteiger partial charge in [-0.05, 0) is 55.9 Å². The van der Waals surface area contributed by atoms with E-state index in [9.17, 15) is 9.59 Å². The van der Waals surface area contributed by atoms with Crippen LogP contribution >= 0.6 is 0 Å². The van der Waals surface area contributed by atoms with Crippen LogP contribution < -0.4 is 4.74 Å². The molecule has 1 heterocycles. The van der Waals surface area contributed by atoms with Gasteiger partial charge in [-0.2, -0.15) is 0 Å². The zero-order valence-electron chi connectivity index (χ0n) is 14.5. The fourth-order valence-electron chi connectivity index (χ4n) is 4.10. The largest absolute Gasteiger partial charge is 0.484 e. The number of carbonyl (C=O) groups is 2. The van der Waals surface area contributed by atoms with E-state index in [4.69, 9.17) is 4.74 Å². The van der Waals surface area contributed by atoms with Gasteiger partial charge >= 0.3 is 0 Å². The van der Waals surface area contributed by atoms with Crippen LogP contribution in [-0.2, 0) is 4.79 Å². The number of benzene rings is 1. The third-order valence-electron chi connectivity index (χ3n) is 5.42. The van der Waals surface area contributed by atoms with Crippen LogP contribution in [-0.4, -0.2) is 35.8 Å². The molecule has 0 radical (unpaired) electrons. The van der Waals surface area contributed by atoms with E-state index in [1.165, 1.54) is 25.7 Å². The standard InChI is InChI=1S/C20H27NO3/c1-2-19(22)16-9-11-17(12-10-16)24-14-20(23)21-13-5-8-18(21)15-6-3-4-7-15/h9-12,15,18H,2-8,13-14H2,1H3. The Bertz CT molecular complexity index is 575. The molecular weight excluding hydrogens is 302 g/mol. The summed E-state index contributed by atoms with van der Waals surface area (Å²) in [5, 5.41) is 0. The monoisotopic (exact) mass is 329 g/mol. The number of Topliss-reactive ketones (excluding diaryl/α,β-unsaturated/α-hetero) is 1. The Balaban J connectivity index is 1.54. The molecule has 1 unspecified atom stereocenters. The second kappa shape index (κ2) is 7.82. The summed E-state index contributed by atoms with van der Waals surface area (Å²) in [7, 11) is 0. The lowest BCUT2D eigenvalue weighted by atomic mass is 9.96. The van der Waals surface area contributed by atoms with E-state index in [1.807, 2.05) is 11.8 Å². The number of rotatable bonds is 6. The molecule has 1 aromatic carbocycles. The van der Waals surface area contributed by atoms with Crippen molar-refractivity contribution in [2.24, 2.45) is 5.92 Å². The van der Waals surface area contributed by atoms with Crippen molar-refractivity contribution in [3.8, 4) is 5.75 Å². The minimum Gasteiger partial charge on any atom is -0.484 e. The van der Waals surface area contributed by atoms with Crippen molar-refractivity contribution >= 4 is 11.7 Å². The van der Waals surface area contributed by atoms with E-state index in [2.05, 4.69) is 0 Å². The van der Waals surface area contributed by atoms with Gasteiger partial charge in [-0.15, -0.1) is 0 Å². The molecule has 24 heavy (non-hydrogen) atoms. The van der Waals surface area contributed by atoms with Crippen LogP contribution in [0.2, 0.25) is 0 Å². The second-order valence-corrected chi connectivity index (χ2v) is 6.93. The van der Waals surface area contributed by atoms with Crippen LogP contribution in [0.3, 0.4) is 0 Å². The van der Waals surface area contributed by atoms with Gasteiger partial charge in [0.1, 0.15) is 5.75 Å². The molecule has 1 amide bonds. The highest BCUT2D eigenvalue weighted by molar-refractivity contribution is 5.95. The predicted molar refractivity (Wildman–Crippen MR) is 93.3 cm³/mol. The van der Waals surface area contributed by atoms with E-state index in [0.717, 1.165) is 19.4 Å². The zero-order chi connectivity index (χ0) is 16.9. The summed E-state index contributed by atoms with van der Waals surface area (Å²) in [5.41, 5.74) is 0.692. The molecule has 0 spiro atoms. The highest BCUT2D eigenvalue weighted by Gasteiger charge is 2.35. The van der Waals surface area contributed by atoms with Gasteiger partial charge in [0, 0.05) is 24.6 Å². The van der Waals surface area contributed by atoms with Crippen LogP contribution in [0.5, 0.6) is 5.75 Å². The first kappa shape index (κ1) is 17.0. The number of amides is 1. The van der Waals surface area contributed by atoms with Gasteiger partial charge in [-0.25, -0.2) is 0 Å². The van der Waals surface area contributed by atoms with Gasteiger partial charge in [-0.3, -0.25) is 9.59 Å². The van der Waals surface area contributed by atoms with Gasteiger partial charge in [0.05, 0.1) is 0 Å². The van der Waals surface area contributed by atoms with E-state index in [-0.39, 0.29) is 18.3 Å². The summed E-state index contributed by atoms with van der Waals surface area (Å²) in [6.07, 6.45) is 7.90. The third-order valence-corrected chi connectivity index (χ3v) is 5.42. The van der Waals surface area contributed by atoms with Gasteiger partial charge in [0.15, 0.2) is 12.4 Å². The Labute approximate surface area is 144 Å². The average Bonchev–Trinajstić information content (AvgIpc) is 3.30. The number of ether oxygens (including phenoxy) is 1. The fourth-order valence-corrected chi connectivity index (χ4v) is 4.10. The van der Waals surface area contributed by atoms with Gasteiger partial charge in [0.2, 0.25) is 0 Å². The van der Waals surface area contributed by atoms with Gasteiger partial charge < -0.3 is 9.64 Å². The van der Waals surface area contributed by atoms with Gasteiger partial charge in [0.25, 0.3) is 5.91 Å². The molecule has 4 nitrogen and oxygen atoms in total. The molecule has 1 atom stereocenters. The minimum absolute atomic E-state index is 0.0876. The lowest BCUT2D eigenvalue weighted by Crippen LogP contribution is -2.41. The Morgan fingerprint density at radius 1 is 1.08 bits per heavy atom. The average molecular weight is 329 g/mol. The highest BCUT2D eigenvalue weighted by atomic mass is 16.5. The summed E-state index contributed by atoms with van der Waals surface area (Å²) >= 11 is 0. The highest BCUT2D eigenvalue weighted by Crippen LogP contribution is 2.35. The number of ketones is 1. The molecule has 1 saturated heterocycles. The summed E-state index contributed by atoms with van der Waals surface area (Å²) in [6, 6.07) is 7.50. The molecule has 2 fully saturated rings. The lowest BCUT2D eigenvalue weighted by Gasteiger charge is -2.29. The Kier molecular flexibility index (Phi) is 5.54. The van der Waals surface area contributed by atoms with Crippen molar-refractivity contribution in [2.45, 2.75) is 57.9 Å². The van der Waals surface area contributed by atoms with Crippen LogP contribution in [0.25, 0.3) is 0 Å². The summed E-state index contributed by atoms with van der Waals surface area (Å²) in [6.45, 7) is 2.81. The van der Waals surface area contributed by atoms with E-state index in [0.29, 0.717) is 29.7 Å². The van der Waals surface area contributed by atoms with Crippen molar-refractivity contribution in [3.05, 3.63) is 29.8 Å². The fraction of sp³-hybridized carbons (Fsp3) is 0.600. The SMILES string of the molecule is CCC(=O)c1ccc(OCC(=O)N2CCCC2C2CCCC2)cc1. The molecule has 1 aliphatic carbocycles. The Morgan fingerprint density at radius 2 is 1.79 bits per heavy atom. The minimum atomic E-state index is 0.0876. The molecule has 1 saturated carbocycles. The number of hydrogen-bond donors (Lipinski definition) is 0. The Hall–Kier alpha value is -1.84. The van der Waals surface area contributed by atoms with E-state index < -0.39 is 0 Å². The number of likely N-dealkylation sites (tertiary alicyclic amines) is 1. The smallest absolute Gasteiger partial charge is 0.260 e. The molecule has 2 aliphatic rings. The molecular formula is C20H27NO3. The number of hydrogen-bond acceptors (Lipinski definition) is 3. The van der Waals surface area contributed by atoms with Crippen LogP contribution in [0, 0.1) is 5.92 Å². The normalized spacial score (nSPS) is 21.2. The molecule has 0 bridgehead atoms. The maximum atomic E-state index is 12.6. The number of nitrogens with zero attached hydrogens (tertiary/aromatic N) is 1. The quantitative estimate of drug-likeness (QED) is 0.745. The summed E-state index contributed by atoms with van der Waals surface area (Å²) in [5.74, 6) is 1.55. The molecule has 0 N–H and O–H groups in total. The second-order valence-electron chi connectivity index (χ2n) is 6.93. The van der Waals surface area contributed by atoms with Crippen molar-refractivity contribution in [1.29, 1.82) is 0 Å². The molecule has 130 valence electrons. The summed E-state index contributed by atoms with van der Waals surface area (Å²) < 4.78 is 5.66. The molecule has 3 rings (SSSR count). The van der Waals surface area contributed by atoms with E-state index in [1.54, 1.807) is 24.3 Å². The first-order chi connectivity index (χ1) is 11.7. The van der Waals surface area contributed by atoms with Gasteiger partial charge in [-0.1, -0.05) is 19.8 Å². The van der Waals surface area contributed by atoms with Crippen molar-refractivity contribution < 1.29 is 14.3 Å². The zero-order valence-corrected chi connectivity index (χ0v) is 14.5. The molecule has 0 aromatic heterocycles. The Morgan fingerprint density at radius 3 is 2.46 bits per heavy atom. The first-order valence-electron chi connectivity index (χ1n) is 9.24. The maximum absolute atomic E-state index is 12.6. The lowest BCUT2D eigenvalue weighted by molar-refractivity contribution is -0.135. The van der Waals surface area contributed by atoms with E-state index >= 15 is 0 Å². The van der Waals surface area contributed by atoms with Crippen LogP contribution in [0.15, 0.2) is 24.3 Å². The predicted octanol–water partition coefficient (Wildman–Crippen LogP) is 3.84. The van der Waals surface area contributed by atoms with Crippen molar-refractivity contribution in [3.63, 3.8) is 0 Å². The van der Waals surface area contributed by atoms with Crippen LogP contribution in [0.1, 0.15) is 62.2 Å². The molecule has 1 aliphatic heterocycles. The first-order valence-corrected chi connectivity index (χ1v) is 9.24. The maximum Gasteiger partial charge on any atom is 0.260 e. The summed E-state index contributed by atoms with van der Waals surface area (Å²) in [4.78, 5) is 26.2. The number of carbonyl (C=O) groups excluding carboxylic acids is 2. The van der Waals surface area contributed by atoms with Crippen molar-refractivity contribution in [2.75, 3.05) is 13.2 Å². The van der Waals surface area contributed by atoms with Crippen LogP contribution in [0.4, 0.5) is 0 Å².